The van der Waals surface area contributed by atoms with Crippen molar-refractivity contribution in [3.63, 3.8) is 0 Å². The van der Waals surface area contributed by atoms with E-state index in [1.807, 2.05) is 85.8 Å². The Morgan fingerprint density at radius 3 is 1.82 bits per heavy atom. The Bertz CT molecular complexity index is 1000. The summed E-state index contributed by atoms with van der Waals surface area (Å²) in [6.45, 7) is 2.79. The maximum atomic E-state index is 12.9. The molecule has 3 rings (SSSR count). The first-order valence-corrected chi connectivity index (χ1v) is 10.2. The number of carbonyl (C=O) groups excluding carboxylic acids is 1. The molecule has 5 nitrogen and oxygen atoms in total. The lowest BCUT2D eigenvalue weighted by Crippen LogP contribution is -2.35. The van der Waals surface area contributed by atoms with E-state index in [1.54, 1.807) is 4.90 Å². The molecule has 0 spiro atoms. The van der Waals surface area contributed by atoms with Gasteiger partial charge < -0.3 is 10.4 Å². The fraction of sp³-hybridized carbons (Fsp3) is 0.167. The quantitative estimate of drug-likeness (QED) is 0.474. The van der Waals surface area contributed by atoms with Crippen molar-refractivity contribution in [2.24, 2.45) is 0 Å². The van der Waals surface area contributed by atoms with Crippen LogP contribution in [0, 0.1) is 6.92 Å². The van der Waals surface area contributed by atoms with E-state index in [4.69, 9.17) is 21.5 Å². The number of hydrogen-bond acceptors (Lipinski definition) is 3. The molecular weight excluding hydrogens is 457 g/mol. The summed E-state index contributed by atoms with van der Waals surface area (Å²) in [6, 6.07) is 25.2. The average molecular weight is 479 g/mol. The predicted octanol–water partition coefficient (Wildman–Crippen LogP) is 5.74. The van der Waals surface area contributed by atoms with Crippen molar-refractivity contribution in [2.45, 2.75) is 19.6 Å². The van der Waals surface area contributed by atoms with Gasteiger partial charge in [0.1, 0.15) is 0 Å². The number of alkyl halides is 3. The van der Waals surface area contributed by atoms with E-state index in [0.29, 0.717) is 11.6 Å². The Hall–Kier alpha value is -3.36. The molecule has 3 aromatic carbocycles. The second kappa shape index (κ2) is 12.0. The number of hydrogen-bond donors (Lipinski definition) is 2. The number of carboxylic acid groups (broad SMARTS) is 1. The van der Waals surface area contributed by atoms with E-state index in [1.165, 1.54) is 0 Å². The highest BCUT2D eigenvalue weighted by Gasteiger charge is 2.38. The van der Waals surface area contributed by atoms with Gasteiger partial charge in [0.15, 0.2) is 0 Å². The Balaban J connectivity index is 0.000000479. The highest BCUT2D eigenvalue weighted by Crippen LogP contribution is 2.25. The Labute approximate surface area is 194 Å². The normalized spacial score (nSPS) is 10.7. The van der Waals surface area contributed by atoms with Gasteiger partial charge in [-0.2, -0.15) is 13.2 Å². The lowest BCUT2D eigenvalue weighted by molar-refractivity contribution is -0.192. The van der Waals surface area contributed by atoms with Crippen molar-refractivity contribution in [1.82, 2.24) is 5.32 Å². The van der Waals surface area contributed by atoms with Gasteiger partial charge >= 0.3 is 12.1 Å². The van der Waals surface area contributed by atoms with Crippen LogP contribution in [0.4, 0.5) is 24.5 Å². The average Bonchev–Trinajstić information content (AvgIpc) is 2.77. The van der Waals surface area contributed by atoms with Gasteiger partial charge in [0.05, 0.1) is 6.54 Å². The van der Waals surface area contributed by atoms with Crippen LogP contribution >= 0.6 is 11.6 Å². The smallest absolute Gasteiger partial charge is 0.475 e. The van der Waals surface area contributed by atoms with Gasteiger partial charge in [-0.25, -0.2) is 4.79 Å². The van der Waals surface area contributed by atoms with Gasteiger partial charge in [-0.05, 0) is 48.4 Å². The number of benzene rings is 3. The molecule has 0 radical (unpaired) electrons. The molecule has 3 aromatic rings. The second-order valence-electron chi connectivity index (χ2n) is 6.84. The minimum absolute atomic E-state index is 0.0212. The summed E-state index contributed by atoms with van der Waals surface area (Å²) in [5, 5.41) is 11.1. The molecule has 9 heteroatoms. The zero-order valence-electron chi connectivity index (χ0n) is 17.6. The first-order valence-electron chi connectivity index (χ1n) is 9.79. The van der Waals surface area contributed by atoms with Crippen LogP contribution in [0.15, 0.2) is 78.9 Å². The molecular formula is C24H22ClF3N2O3. The molecule has 1 amide bonds. The van der Waals surface area contributed by atoms with Crippen LogP contribution in [-0.4, -0.2) is 29.7 Å². The Morgan fingerprint density at radius 1 is 0.909 bits per heavy atom. The third kappa shape index (κ3) is 7.93. The van der Waals surface area contributed by atoms with Crippen LogP contribution < -0.4 is 10.2 Å². The molecule has 0 bridgehead atoms. The number of para-hydroxylation sites is 2. The summed E-state index contributed by atoms with van der Waals surface area (Å²) >= 11 is 6.26. The van der Waals surface area contributed by atoms with Crippen molar-refractivity contribution < 1.29 is 27.9 Å². The van der Waals surface area contributed by atoms with Crippen molar-refractivity contribution in [2.75, 3.05) is 11.4 Å². The van der Waals surface area contributed by atoms with E-state index in [0.717, 1.165) is 22.5 Å². The summed E-state index contributed by atoms with van der Waals surface area (Å²) < 4.78 is 31.7. The van der Waals surface area contributed by atoms with Crippen LogP contribution in [-0.2, 0) is 16.1 Å². The van der Waals surface area contributed by atoms with Crippen molar-refractivity contribution in [1.29, 1.82) is 0 Å². The monoisotopic (exact) mass is 478 g/mol. The maximum Gasteiger partial charge on any atom is 0.490 e. The molecule has 0 fully saturated rings. The zero-order chi connectivity index (χ0) is 24.4. The number of halogens is 4. The summed E-state index contributed by atoms with van der Waals surface area (Å²) in [6.07, 6.45) is -5.08. The number of carbonyl (C=O) groups is 2. The van der Waals surface area contributed by atoms with Crippen LogP contribution in [0.2, 0.25) is 5.02 Å². The summed E-state index contributed by atoms with van der Waals surface area (Å²) in [5.41, 5.74) is 3.83. The van der Waals surface area contributed by atoms with Gasteiger partial charge in [-0.15, -0.1) is 0 Å². The fourth-order valence-electron chi connectivity index (χ4n) is 2.86. The van der Waals surface area contributed by atoms with Gasteiger partial charge in [0.2, 0.25) is 5.91 Å². The zero-order valence-corrected chi connectivity index (χ0v) is 18.4. The minimum atomic E-state index is -5.08. The maximum absolute atomic E-state index is 12.9. The van der Waals surface area contributed by atoms with E-state index < -0.39 is 12.1 Å². The number of nitrogens with one attached hydrogen (secondary N) is 1. The third-order valence-electron chi connectivity index (χ3n) is 4.45. The van der Waals surface area contributed by atoms with E-state index >= 15 is 0 Å². The highest BCUT2D eigenvalue weighted by atomic mass is 35.5. The van der Waals surface area contributed by atoms with Crippen molar-refractivity contribution in [3.05, 3.63) is 95.0 Å². The van der Waals surface area contributed by atoms with E-state index in [-0.39, 0.29) is 12.5 Å². The first kappa shape index (κ1) is 25.9. The van der Waals surface area contributed by atoms with E-state index in [9.17, 15) is 18.0 Å². The van der Waals surface area contributed by atoms with Crippen LogP contribution in [0.3, 0.4) is 0 Å². The number of rotatable bonds is 6. The Kier molecular flexibility index (Phi) is 9.44. The number of carboxylic acids is 1. The van der Waals surface area contributed by atoms with Crippen LogP contribution in [0.1, 0.15) is 11.1 Å². The minimum Gasteiger partial charge on any atom is -0.475 e. The molecule has 2 N–H and O–H groups in total. The largest absolute Gasteiger partial charge is 0.490 e. The molecule has 33 heavy (non-hydrogen) atoms. The highest BCUT2D eigenvalue weighted by molar-refractivity contribution is 6.31. The van der Waals surface area contributed by atoms with Gasteiger partial charge in [-0.3, -0.25) is 9.69 Å². The second-order valence-corrected chi connectivity index (χ2v) is 7.25. The van der Waals surface area contributed by atoms with E-state index in [2.05, 4.69) is 5.32 Å². The summed E-state index contributed by atoms with van der Waals surface area (Å²) in [4.78, 5) is 23.6. The molecule has 0 saturated carbocycles. The number of anilines is 2. The fourth-order valence-corrected chi connectivity index (χ4v) is 3.14. The molecule has 174 valence electrons. The Morgan fingerprint density at radius 2 is 1.39 bits per heavy atom. The number of aliphatic carboxylic acids is 1. The van der Waals surface area contributed by atoms with Crippen molar-refractivity contribution in [3.8, 4) is 0 Å². The number of nitrogens with zero attached hydrogens (tertiary/aromatic N) is 1. The molecule has 0 atom stereocenters. The molecule has 0 aliphatic heterocycles. The summed E-state index contributed by atoms with van der Waals surface area (Å²) in [7, 11) is 0. The molecule has 0 aliphatic carbocycles. The molecule has 0 saturated heterocycles. The van der Waals surface area contributed by atoms with Crippen LogP contribution in [0.5, 0.6) is 0 Å². The molecule has 0 heterocycles. The lowest BCUT2D eigenvalue weighted by Gasteiger charge is -2.23. The third-order valence-corrected chi connectivity index (χ3v) is 4.81. The SMILES string of the molecule is Cc1cccc(Cl)c1CNCC(=O)N(c1ccccc1)c1ccccc1.O=C(O)C(F)(F)F. The van der Waals surface area contributed by atoms with Crippen LogP contribution in [0.25, 0.3) is 0 Å². The topological polar surface area (TPSA) is 69.6 Å². The molecule has 0 unspecified atom stereocenters. The van der Waals surface area contributed by atoms with Gasteiger partial charge in [-0.1, -0.05) is 60.1 Å². The molecule has 0 aromatic heterocycles. The number of aryl methyl sites for hydroxylation is 1. The van der Waals surface area contributed by atoms with Gasteiger partial charge in [0, 0.05) is 22.9 Å². The first-order chi connectivity index (χ1) is 15.6. The summed E-state index contributed by atoms with van der Waals surface area (Å²) in [5.74, 6) is -2.78. The molecule has 0 aliphatic rings. The van der Waals surface area contributed by atoms with Gasteiger partial charge in [0.25, 0.3) is 0 Å². The standard InChI is InChI=1S/C22H21ClN2O.C2HF3O2/c1-17-9-8-14-21(23)20(17)15-24-16-22(26)25(18-10-4-2-5-11-18)19-12-6-3-7-13-19;3-2(4,5)1(6)7/h2-14,24H,15-16H2,1H3;(H,6,7). The lowest BCUT2D eigenvalue weighted by atomic mass is 10.1. The van der Waals surface area contributed by atoms with Crippen molar-refractivity contribution >= 4 is 34.9 Å². The predicted molar refractivity (Wildman–Crippen MR) is 122 cm³/mol. The number of amides is 1.